The van der Waals surface area contributed by atoms with Crippen LogP contribution in [0.4, 0.5) is 14.5 Å². The molecule has 0 atom stereocenters. The minimum atomic E-state index is -0.523. The maximum Gasteiger partial charge on any atom is 0.146 e. The standard InChI is InChI=1S/C12H10F2N2O/c13-8-1-4-11(14)12(5-8)16-6-9-2-3-10(17)7-15-9/h1-5,7,16-17H,6H2. The van der Waals surface area contributed by atoms with E-state index in [1.165, 1.54) is 12.3 Å². The lowest BCUT2D eigenvalue weighted by molar-refractivity contribution is 0.472. The van der Waals surface area contributed by atoms with E-state index in [4.69, 9.17) is 5.11 Å². The maximum absolute atomic E-state index is 13.2. The Kier molecular flexibility index (Phi) is 3.18. The Morgan fingerprint density at radius 2 is 2.00 bits per heavy atom. The van der Waals surface area contributed by atoms with E-state index in [0.29, 0.717) is 5.69 Å². The van der Waals surface area contributed by atoms with Crippen LogP contribution < -0.4 is 5.32 Å². The van der Waals surface area contributed by atoms with Gasteiger partial charge in [0.15, 0.2) is 0 Å². The zero-order valence-corrected chi connectivity index (χ0v) is 8.82. The molecule has 1 aromatic heterocycles. The number of anilines is 1. The Labute approximate surface area is 96.7 Å². The van der Waals surface area contributed by atoms with Gasteiger partial charge in [-0.3, -0.25) is 4.98 Å². The van der Waals surface area contributed by atoms with Crippen molar-refractivity contribution in [3.05, 3.63) is 53.9 Å². The van der Waals surface area contributed by atoms with Crippen LogP contribution in [0.3, 0.4) is 0 Å². The lowest BCUT2D eigenvalue weighted by Gasteiger charge is -2.07. The van der Waals surface area contributed by atoms with E-state index >= 15 is 0 Å². The van der Waals surface area contributed by atoms with Gasteiger partial charge in [-0.25, -0.2) is 8.78 Å². The lowest BCUT2D eigenvalue weighted by Crippen LogP contribution is -2.03. The summed E-state index contributed by atoms with van der Waals surface area (Å²) in [5, 5.41) is 11.8. The topological polar surface area (TPSA) is 45.1 Å². The molecule has 0 aliphatic carbocycles. The molecule has 0 aliphatic heterocycles. The van der Waals surface area contributed by atoms with Crippen molar-refractivity contribution in [3.63, 3.8) is 0 Å². The largest absolute Gasteiger partial charge is 0.506 e. The van der Waals surface area contributed by atoms with Crippen molar-refractivity contribution in [2.45, 2.75) is 6.54 Å². The number of pyridine rings is 1. The van der Waals surface area contributed by atoms with Crippen LogP contribution in [0.1, 0.15) is 5.69 Å². The Balaban J connectivity index is 2.07. The smallest absolute Gasteiger partial charge is 0.146 e. The number of aromatic hydroxyl groups is 1. The van der Waals surface area contributed by atoms with Crippen molar-refractivity contribution in [3.8, 4) is 5.75 Å². The maximum atomic E-state index is 13.2. The molecule has 1 aromatic carbocycles. The first-order valence-corrected chi connectivity index (χ1v) is 4.98. The van der Waals surface area contributed by atoms with Gasteiger partial charge in [-0.2, -0.15) is 0 Å². The van der Waals surface area contributed by atoms with Crippen LogP contribution in [0.25, 0.3) is 0 Å². The normalized spacial score (nSPS) is 10.2. The molecule has 1 heterocycles. The Bertz CT molecular complexity index is 514. The number of halogens is 2. The molecule has 0 fully saturated rings. The van der Waals surface area contributed by atoms with Crippen LogP contribution in [0.15, 0.2) is 36.5 Å². The van der Waals surface area contributed by atoms with E-state index in [2.05, 4.69) is 10.3 Å². The summed E-state index contributed by atoms with van der Waals surface area (Å²) in [7, 11) is 0. The van der Waals surface area contributed by atoms with Crippen LogP contribution in [-0.2, 0) is 6.54 Å². The molecule has 0 radical (unpaired) electrons. The highest BCUT2D eigenvalue weighted by molar-refractivity contribution is 5.45. The first-order valence-electron chi connectivity index (χ1n) is 4.98. The summed E-state index contributed by atoms with van der Waals surface area (Å²) < 4.78 is 26.1. The van der Waals surface area contributed by atoms with E-state index in [1.807, 2.05) is 0 Å². The molecule has 0 aliphatic rings. The minimum Gasteiger partial charge on any atom is -0.506 e. The van der Waals surface area contributed by atoms with Crippen LogP contribution in [0.5, 0.6) is 5.75 Å². The van der Waals surface area contributed by atoms with E-state index in [0.717, 1.165) is 18.2 Å². The van der Waals surface area contributed by atoms with Gasteiger partial charge in [0.25, 0.3) is 0 Å². The summed E-state index contributed by atoms with van der Waals surface area (Å²) in [4.78, 5) is 3.92. The minimum absolute atomic E-state index is 0.0608. The summed E-state index contributed by atoms with van der Waals surface area (Å²) in [6.45, 7) is 0.251. The SMILES string of the molecule is Oc1ccc(CNc2cc(F)ccc2F)nc1. The summed E-state index contributed by atoms with van der Waals surface area (Å²) in [5.41, 5.74) is 0.700. The fraction of sp³-hybridized carbons (Fsp3) is 0.0833. The second-order valence-corrected chi connectivity index (χ2v) is 3.49. The molecule has 17 heavy (non-hydrogen) atoms. The fourth-order valence-electron chi connectivity index (χ4n) is 1.34. The van der Waals surface area contributed by atoms with Crippen LogP contribution >= 0.6 is 0 Å². The Hall–Kier alpha value is -2.17. The Morgan fingerprint density at radius 1 is 1.18 bits per heavy atom. The average Bonchev–Trinajstić information content (AvgIpc) is 2.32. The summed E-state index contributed by atoms with van der Waals surface area (Å²) in [5.74, 6) is -0.969. The predicted molar refractivity (Wildman–Crippen MR) is 59.6 cm³/mol. The van der Waals surface area contributed by atoms with Crippen molar-refractivity contribution in [1.82, 2.24) is 4.98 Å². The molecule has 0 bridgehead atoms. The molecule has 3 nitrogen and oxygen atoms in total. The van der Waals surface area contributed by atoms with Crippen molar-refractivity contribution >= 4 is 5.69 Å². The molecule has 0 saturated carbocycles. The molecular weight excluding hydrogens is 226 g/mol. The molecule has 0 amide bonds. The third-order valence-electron chi connectivity index (χ3n) is 2.20. The van der Waals surface area contributed by atoms with Gasteiger partial charge in [0, 0.05) is 0 Å². The average molecular weight is 236 g/mol. The zero-order chi connectivity index (χ0) is 12.3. The van der Waals surface area contributed by atoms with Gasteiger partial charge in [0.1, 0.15) is 17.4 Å². The van der Waals surface area contributed by atoms with Gasteiger partial charge in [-0.05, 0) is 30.3 Å². The molecule has 88 valence electrons. The van der Waals surface area contributed by atoms with Crippen molar-refractivity contribution in [1.29, 1.82) is 0 Å². The van der Waals surface area contributed by atoms with E-state index in [1.54, 1.807) is 6.07 Å². The van der Waals surface area contributed by atoms with Gasteiger partial charge in [-0.15, -0.1) is 0 Å². The fourth-order valence-corrected chi connectivity index (χ4v) is 1.34. The van der Waals surface area contributed by atoms with Gasteiger partial charge < -0.3 is 10.4 Å². The third-order valence-corrected chi connectivity index (χ3v) is 2.20. The van der Waals surface area contributed by atoms with Gasteiger partial charge in [-0.1, -0.05) is 0 Å². The molecule has 2 aromatic rings. The molecule has 2 N–H and O–H groups in total. The molecule has 0 saturated heterocycles. The number of nitrogens with zero attached hydrogens (tertiary/aromatic N) is 1. The predicted octanol–water partition coefficient (Wildman–Crippen LogP) is 2.68. The number of benzene rings is 1. The zero-order valence-electron chi connectivity index (χ0n) is 8.82. The van der Waals surface area contributed by atoms with Gasteiger partial charge in [0.05, 0.1) is 24.1 Å². The van der Waals surface area contributed by atoms with Crippen LogP contribution in [-0.4, -0.2) is 10.1 Å². The highest BCUT2D eigenvalue weighted by atomic mass is 19.1. The lowest BCUT2D eigenvalue weighted by atomic mass is 10.2. The summed E-state index contributed by atoms with van der Waals surface area (Å²) in [6.07, 6.45) is 1.29. The number of aromatic nitrogens is 1. The summed E-state index contributed by atoms with van der Waals surface area (Å²) in [6, 6.07) is 6.27. The van der Waals surface area contributed by atoms with Crippen molar-refractivity contribution in [2.75, 3.05) is 5.32 Å². The second-order valence-electron chi connectivity index (χ2n) is 3.49. The second kappa shape index (κ2) is 4.78. The molecular formula is C12H10F2N2O. The van der Waals surface area contributed by atoms with Crippen LogP contribution in [0, 0.1) is 11.6 Å². The number of hydrogen-bond acceptors (Lipinski definition) is 3. The molecule has 0 unspecified atom stereocenters. The summed E-state index contributed by atoms with van der Waals surface area (Å²) >= 11 is 0. The number of nitrogens with one attached hydrogen (secondary N) is 1. The van der Waals surface area contributed by atoms with E-state index in [-0.39, 0.29) is 18.0 Å². The highest BCUT2D eigenvalue weighted by Gasteiger charge is 2.03. The quantitative estimate of drug-likeness (QED) is 0.861. The molecule has 5 heteroatoms. The monoisotopic (exact) mass is 236 g/mol. The Morgan fingerprint density at radius 3 is 2.71 bits per heavy atom. The van der Waals surface area contributed by atoms with E-state index < -0.39 is 11.6 Å². The van der Waals surface area contributed by atoms with Gasteiger partial charge >= 0.3 is 0 Å². The highest BCUT2D eigenvalue weighted by Crippen LogP contribution is 2.16. The molecule has 0 spiro atoms. The third kappa shape index (κ3) is 2.90. The number of hydrogen-bond donors (Lipinski definition) is 2. The first kappa shape index (κ1) is 11.3. The first-order chi connectivity index (χ1) is 8.15. The molecule has 2 rings (SSSR count). The van der Waals surface area contributed by atoms with Gasteiger partial charge in [0.2, 0.25) is 0 Å². The number of rotatable bonds is 3. The van der Waals surface area contributed by atoms with Crippen molar-refractivity contribution in [2.24, 2.45) is 0 Å². The van der Waals surface area contributed by atoms with Crippen LogP contribution in [0.2, 0.25) is 0 Å². The van der Waals surface area contributed by atoms with E-state index in [9.17, 15) is 8.78 Å². The van der Waals surface area contributed by atoms with Crippen molar-refractivity contribution < 1.29 is 13.9 Å².